The Kier molecular flexibility index (Phi) is 6.24. The third-order valence-electron chi connectivity index (χ3n) is 4.64. The SMILES string of the molecule is O=S(=O)(Cc1ccccc1Cl)N1CCOC(c2cccc(Nc3cnccn3)n2)C1. The number of morpholine rings is 1. The van der Waals surface area contributed by atoms with Crippen LogP contribution in [0.15, 0.2) is 61.1 Å². The summed E-state index contributed by atoms with van der Waals surface area (Å²) in [6.07, 6.45) is 4.29. The Morgan fingerprint density at radius 2 is 2.00 bits per heavy atom. The van der Waals surface area contributed by atoms with Gasteiger partial charge in [-0.15, -0.1) is 0 Å². The molecule has 1 aromatic carbocycles. The molecule has 10 heteroatoms. The van der Waals surface area contributed by atoms with Crippen molar-refractivity contribution in [2.45, 2.75) is 11.9 Å². The Morgan fingerprint density at radius 1 is 1.13 bits per heavy atom. The Bertz CT molecular complexity index is 1110. The molecule has 0 amide bonds. The molecule has 1 fully saturated rings. The van der Waals surface area contributed by atoms with E-state index >= 15 is 0 Å². The Hall–Kier alpha value is -2.59. The minimum Gasteiger partial charge on any atom is -0.369 e. The number of halogens is 1. The van der Waals surface area contributed by atoms with E-state index in [0.717, 1.165) is 0 Å². The molecule has 30 heavy (non-hydrogen) atoms. The molecule has 8 nitrogen and oxygen atoms in total. The van der Waals surface area contributed by atoms with Crippen molar-refractivity contribution in [3.8, 4) is 0 Å². The fourth-order valence-electron chi connectivity index (χ4n) is 3.16. The standard InChI is InChI=1S/C20H20ClN5O3S/c21-16-5-2-1-4-15(16)14-30(27,28)26-10-11-29-18(13-26)17-6-3-7-19(24-17)25-20-12-22-8-9-23-20/h1-9,12,18H,10-11,13-14H2,(H,23,24,25). The maximum absolute atomic E-state index is 13.0. The van der Waals surface area contributed by atoms with E-state index < -0.39 is 16.1 Å². The summed E-state index contributed by atoms with van der Waals surface area (Å²) >= 11 is 6.14. The van der Waals surface area contributed by atoms with Crippen molar-refractivity contribution in [1.82, 2.24) is 19.3 Å². The molecule has 3 aromatic rings. The van der Waals surface area contributed by atoms with Gasteiger partial charge in [0.05, 0.1) is 24.3 Å². The molecule has 1 aliphatic rings. The van der Waals surface area contributed by atoms with Crippen LogP contribution in [0.1, 0.15) is 17.4 Å². The van der Waals surface area contributed by atoms with E-state index in [9.17, 15) is 8.42 Å². The van der Waals surface area contributed by atoms with Gasteiger partial charge in [-0.3, -0.25) is 4.98 Å². The first kappa shape index (κ1) is 20.7. The average Bonchev–Trinajstić information content (AvgIpc) is 2.76. The van der Waals surface area contributed by atoms with E-state index in [1.54, 1.807) is 48.9 Å². The molecule has 1 atom stereocenters. The van der Waals surface area contributed by atoms with Crippen LogP contribution in [0.2, 0.25) is 5.02 Å². The van der Waals surface area contributed by atoms with E-state index in [-0.39, 0.29) is 18.9 Å². The van der Waals surface area contributed by atoms with Gasteiger partial charge in [-0.25, -0.2) is 18.4 Å². The Balaban J connectivity index is 1.48. The minimum absolute atomic E-state index is 0.152. The quantitative estimate of drug-likeness (QED) is 0.622. The van der Waals surface area contributed by atoms with Gasteiger partial charge in [-0.2, -0.15) is 4.31 Å². The van der Waals surface area contributed by atoms with E-state index in [2.05, 4.69) is 20.3 Å². The predicted molar refractivity (Wildman–Crippen MR) is 114 cm³/mol. The molecule has 0 bridgehead atoms. The van der Waals surface area contributed by atoms with Crippen LogP contribution in [0, 0.1) is 0 Å². The molecular weight excluding hydrogens is 426 g/mol. The summed E-state index contributed by atoms with van der Waals surface area (Å²) in [5.41, 5.74) is 1.22. The van der Waals surface area contributed by atoms with Crippen LogP contribution >= 0.6 is 11.6 Å². The van der Waals surface area contributed by atoms with Crippen LogP contribution in [0.3, 0.4) is 0 Å². The number of benzene rings is 1. The second kappa shape index (κ2) is 9.05. The summed E-state index contributed by atoms with van der Waals surface area (Å²) in [5, 5.41) is 3.52. The van der Waals surface area contributed by atoms with Crippen LogP contribution in [-0.4, -0.2) is 47.4 Å². The summed E-state index contributed by atoms with van der Waals surface area (Å²) in [6.45, 7) is 0.769. The summed E-state index contributed by atoms with van der Waals surface area (Å²) in [4.78, 5) is 12.7. The van der Waals surface area contributed by atoms with Crippen molar-refractivity contribution < 1.29 is 13.2 Å². The summed E-state index contributed by atoms with van der Waals surface area (Å²) in [5.74, 6) is 0.990. The lowest BCUT2D eigenvalue weighted by Gasteiger charge is -2.32. The van der Waals surface area contributed by atoms with Gasteiger partial charge in [0.1, 0.15) is 17.7 Å². The first-order chi connectivity index (χ1) is 14.5. The number of hydrogen-bond acceptors (Lipinski definition) is 7. The molecule has 3 heterocycles. The van der Waals surface area contributed by atoms with Crippen molar-refractivity contribution in [3.05, 3.63) is 77.3 Å². The highest BCUT2D eigenvalue weighted by atomic mass is 35.5. The van der Waals surface area contributed by atoms with Gasteiger partial charge in [0.25, 0.3) is 0 Å². The highest BCUT2D eigenvalue weighted by molar-refractivity contribution is 7.88. The van der Waals surface area contributed by atoms with Gasteiger partial charge >= 0.3 is 0 Å². The van der Waals surface area contributed by atoms with Crippen LogP contribution in [-0.2, 0) is 20.5 Å². The highest BCUT2D eigenvalue weighted by Gasteiger charge is 2.31. The number of aromatic nitrogens is 3. The van der Waals surface area contributed by atoms with Crippen LogP contribution < -0.4 is 5.32 Å². The summed E-state index contributed by atoms with van der Waals surface area (Å²) in [6, 6.07) is 12.4. The molecule has 0 spiro atoms. The third kappa shape index (κ3) is 4.93. The van der Waals surface area contributed by atoms with Gasteiger partial charge in [-0.05, 0) is 23.8 Å². The molecule has 1 aliphatic heterocycles. The van der Waals surface area contributed by atoms with Gasteiger partial charge in [0.2, 0.25) is 10.0 Å². The monoisotopic (exact) mass is 445 g/mol. The average molecular weight is 446 g/mol. The maximum Gasteiger partial charge on any atom is 0.218 e. The van der Waals surface area contributed by atoms with E-state index in [1.165, 1.54) is 4.31 Å². The summed E-state index contributed by atoms with van der Waals surface area (Å²) < 4.78 is 33.2. The van der Waals surface area contributed by atoms with Crippen LogP contribution in [0.4, 0.5) is 11.6 Å². The number of nitrogens with zero attached hydrogens (tertiary/aromatic N) is 4. The smallest absolute Gasteiger partial charge is 0.218 e. The van der Waals surface area contributed by atoms with Crippen LogP contribution in [0.25, 0.3) is 0 Å². The molecule has 1 N–H and O–H groups in total. The van der Waals surface area contributed by atoms with Gasteiger partial charge in [-0.1, -0.05) is 35.9 Å². The number of ether oxygens (including phenoxy) is 1. The van der Waals surface area contributed by atoms with Crippen molar-refractivity contribution in [3.63, 3.8) is 0 Å². The van der Waals surface area contributed by atoms with Crippen molar-refractivity contribution in [2.24, 2.45) is 0 Å². The lowest BCUT2D eigenvalue weighted by atomic mass is 10.2. The lowest BCUT2D eigenvalue weighted by molar-refractivity contribution is -0.00490. The number of rotatable bonds is 6. The zero-order valence-electron chi connectivity index (χ0n) is 16.0. The fraction of sp³-hybridized carbons (Fsp3) is 0.250. The number of sulfonamides is 1. The fourth-order valence-corrected chi connectivity index (χ4v) is 4.98. The topological polar surface area (TPSA) is 97.3 Å². The highest BCUT2D eigenvalue weighted by Crippen LogP contribution is 2.26. The normalized spacial score (nSPS) is 17.6. The largest absolute Gasteiger partial charge is 0.369 e. The zero-order valence-corrected chi connectivity index (χ0v) is 17.6. The molecule has 1 unspecified atom stereocenters. The lowest BCUT2D eigenvalue weighted by Crippen LogP contribution is -2.42. The second-order valence-corrected chi connectivity index (χ2v) is 9.10. The van der Waals surface area contributed by atoms with Crippen LogP contribution in [0.5, 0.6) is 0 Å². The predicted octanol–water partition coefficient (Wildman–Crippen LogP) is 3.17. The third-order valence-corrected chi connectivity index (χ3v) is 6.80. The summed E-state index contributed by atoms with van der Waals surface area (Å²) in [7, 11) is -3.55. The Morgan fingerprint density at radius 3 is 2.80 bits per heavy atom. The van der Waals surface area contributed by atoms with Gasteiger partial charge < -0.3 is 10.1 Å². The van der Waals surface area contributed by atoms with Crippen molar-refractivity contribution in [1.29, 1.82) is 0 Å². The van der Waals surface area contributed by atoms with Crippen molar-refractivity contribution in [2.75, 3.05) is 25.0 Å². The zero-order chi connectivity index (χ0) is 21.0. The maximum atomic E-state index is 13.0. The second-order valence-electron chi connectivity index (χ2n) is 6.73. The van der Waals surface area contributed by atoms with Gasteiger partial charge in [0.15, 0.2) is 0 Å². The number of nitrogens with one attached hydrogen (secondary N) is 1. The van der Waals surface area contributed by atoms with Crippen molar-refractivity contribution >= 4 is 33.3 Å². The molecule has 1 saturated heterocycles. The van der Waals surface area contributed by atoms with E-state index in [0.29, 0.717) is 34.5 Å². The molecule has 4 rings (SSSR count). The molecule has 156 valence electrons. The first-order valence-corrected chi connectivity index (χ1v) is 11.3. The van der Waals surface area contributed by atoms with E-state index in [4.69, 9.17) is 16.3 Å². The number of pyridine rings is 1. The van der Waals surface area contributed by atoms with Gasteiger partial charge in [0, 0.05) is 30.5 Å². The van der Waals surface area contributed by atoms with E-state index in [1.807, 2.05) is 12.1 Å². The molecule has 0 radical (unpaired) electrons. The number of anilines is 2. The minimum atomic E-state index is -3.55. The molecule has 2 aromatic heterocycles. The number of hydrogen-bond donors (Lipinski definition) is 1. The Labute approximate surface area is 180 Å². The molecular formula is C20H20ClN5O3S. The molecule has 0 saturated carbocycles. The molecule has 0 aliphatic carbocycles. The first-order valence-electron chi connectivity index (χ1n) is 9.34.